The minimum Gasteiger partial charge on any atom is -0.350 e. The Kier molecular flexibility index (Phi) is 3.27. The predicted octanol–water partition coefficient (Wildman–Crippen LogP) is 0.383. The first-order chi connectivity index (χ1) is 8.58. The van der Waals surface area contributed by atoms with Gasteiger partial charge in [0, 0.05) is 12.1 Å². The van der Waals surface area contributed by atoms with Crippen molar-refractivity contribution in [2.24, 2.45) is 0 Å². The number of carbonyl (C=O) groups is 1. The first-order valence-electron chi connectivity index (χ1n) is 5.58. The average molecular weight is 248 g/mol. The van der Waals surface area contributed by atoms with E-state index in [1.54, 1.807) is 24.3 Å². The molecule has 0 radical (unpaired) electrons. The molecule has 1 heterocycles. The molecule has 0 saturated heterocycles. The number of aromatic nitrogens is 2. The molecule has 2 aromatic rings. The predicted molar refractivity (Wildman–Crippen MR) is 63.5 cm³/mol. The maximum Gasteiger partial charge on any atom is 0.427 e. The summed E-state index contributed by atoms with van der Waals surface area (Å²) in [4.78, 5) is 23.0. The molecule has 0 atom stereocenters. The summed E-state index contributed by atoms with van der Waals surface area (Å²) in [7, 11) is 0. The Hall–Kier alpha value is -2.37. The highest BCUT2D eigenvalue weighted by Crippen LogP contribution is 2.07. The maximum atomic E-state index is 12.0. The van der Waals surface area contributed by atoms with Gasteiger partial charge in [-0.2, -0.15) is 0 Å². The smallest absolute Gasteiger partial charge is 0.350 e. The summed E-state index contributed by atoms with van der Waals surface area (Å²) in [5.41, 5.74) is 0.517. The summed E-state index contributed by atoms with van der Waals surface area (Å²) in [6, 6.07) is 6.99. The molecule has 6 heteroatoms. The largest absolute Gasteiger partial charge is 0.427 e. The Morgan fingerprint density at radius 1 is 1.39 bits per heavy atom. The van der Waals surface area contributed by atoms with Gasteiger partial charge in [-0.25, -0.2) is 4.79 Å². The minimum absolute atomic E-state index is 0.0407. The third kappa shape index (κ3) is 2.48. The second-order valence-electron chi connectivity index (χ2n) is 4.16. The molecular formula is C12H14N3O3+. The minimum atomic E-state index is -0.505. The molecule has 18 heavy (non-hydrogen) atoms. The van der Waals surface area contributed by atoms with Crippen LogP contribution in [0.4, 0.5) is 0 Å². The van der Waals surface area contributed by atoms with E-state index in [0.29, 0.717) is 11.3 Å². The van der Waals surface area contributed by atoms with Crippen molar-refractivity contribution >= 4 is 5.91 Å². The molecule has 0 aliphatic carbocycles. The highest BCUT2D eigenvalue weighted by molar-refractivity contribution is 5.97. The molecule has 6 nitrogen and oxygen atoms in total. The van der Waals surface area contributed by atoms with Crippen LogP contribution in [0.5, 0.6) is 0 Å². The zero-order valence-electron chi connectivity index (χ0n) is 10.1. The van der Waals surface area contributed by atoms with Crippen LogP contribution < -0.4 is 15.6 Å². The number of aromatic amines is 1. The fourth-order valence-electron chi connectivity index (χ4n) is 1.59. The number of benzene rings is 1. The van der Waals surface area contributed by atoms with E-state index in [0.717, 1.165) is 0 Å². The van der Waals surface area contributed by atoms with Crippen LogP contribution in [0, 0.1) is 0 Å². The van der Waals surface area contributed by atoms with Gasteiger partial charge in [0.15, 0.2) is 0 Å². The average Bonchev–Trinajstić information content (AvgIpc) is 2.75. The van der Waals surface area contributed by atoms with Crippen molar-refractivity contribution in [2.45, 2.75) is 19.9 Å². The summed E-state index contributed by atoms with van der Waals surface area (Å²) in [6.45, 7) is 3.76. The Labute approximate surface area is 103 Å². The van der Waals surface area contributed by atoms with Crippen LogP contribution in [0.25, 0.3) is 5.69 Å². The lowest BCUT2D eigenvalue weighted by atomic mass is 10.1. The molecule has 2 N–H and O–H groups in total. The Balaban J connectivity index is 2.43. The zero-order chi connectivity index (χ0) is 13.1. The molecule has 0 spiro atoms. The van der Waals surface area contributed by atoms with Gasteiger partial charge in [0.1, 0.15) is 5.56 Å². The lowest BCUT2D eigenvalue weighted by Gasteiger charge is -2.08. The van der Waals surface area contributed by atoms with Gasteiger partial charge in [-0.3, -0.25) is 9.32 Å². The van der Waals surface area contributed by atoms with Crippen molar-refractivity contribution in [3.63, 3.8) is 0 Å². The molecule has 2 rings (SSSR count). The van der Waals surface area contributed by atoms with Gasteiger partial charge in [0.05, 0.1) is 0 Å². The molecule has 0 aliphatic rings. The molecule has 94 valence electrons. The number of nitrogens with zero attached hydrogens (tertiary/aromatic N) is 1. The Bertz CT molecular complexity index is 613. The maximum absolute atomic E-state index is 12.0. The number of para-hydroxylation sites is 1. The SMILES string of the molecule is CC(C)NC(=O)c1ccccc1-[n+]1cc(=O)o[nH]1. The van der Waals surface area contributed by atoms with Crippen molar-refractivity contribution in [1.29, 1.82) is 0 Å². The zero-order valence-corrected chi connectivity index (χ0v) is 10.1. The topological polar surface area (TPSA) is 79.0 Å². The summed E-state index contributed by atoms with van der Waals surface area (Å²) < 4.78 is 5.96. The molecule has 0 saturated carbocycles. The van der Waals surface area contributed by atoms with Crippen molar-refractivity contribution in [2.75, 3.05) is 0 Å². The van der Waals surface area contributed by atoms with Gasteiger partial charge >= 0.3 is 5.63 Å². The van der Waals surface area contributed by atoms with Gasteiger partial charge < -0.3 is 5.32 Å². The molecule has 0 fully saturated rings. The standard InChI is InChI=1S/C12H13N3O3/c1-8(2)13-12(17)9-5-3-4-6-10(9)15-7-11(16)18-14-15/h3-8H,1-2H3,(H-,13,14,16,17)/p+1. The number of rotatable bonds is 3. The van der Waals surface area contributed by atoms with E-state index in [2.05, 4.69) is 15.1 Å². The first-order valence-corrected chi connectivity index (χ1v) is 5.58. The highest BCUT2D eigenvalue weighted by Gasteiger charge is 2.20. The van der Waals surface area contributed by atoms with Crippen molar-refractivity contribution < 1.29 is 14.0 Å². The van der Waals surface area contributed by atoms with E-state index in [4.69, 9.17) is 0 Å². The quantitative estimate of drug-likeness (QED) is 0.771. The van der Waals surface area contributed by atoms with Crippen LogP contribution in [0.3, 0.4) is 0 Å². The third-order valence-electron chi connectivity index (χ3n) is 2.31. The lowest BCUT2D eigenvalue weighted by Crippen LogP contribution is -2.38. The van der Waals surface area contributed by atoms with Gasteiger partial charge in [0.25, 0.3) is 17.8 Å². The second kappa shape index (κ2) is 4.87. The van der Waals surface area contributed by atoms with Gasteiger partial charge in [0.2, 0.25) is 0 Å². The Morgan fingerprint density at radius 2 is 2.11 bits per heavy atom. The van der Waals surface area contributed by atoms with Crippen LogP contribution in [0.15, 0.2) is 39.8 Å². The molecule has 1 aromatic heterocycles. The van der Waals surface area contributed by atoms with Gasteiger partial charge in [-0.15, -0.1) is 0 Å². The third-order valence-corrected chi connectivity index (χ3v) is 2.31. The summed E-state index contributed by atoms with van der Waals surface area (Å²) in [5, 5.41) is 5.22. The van der Waals surface area contributed by atoms with Crippen LogP contribution in [0.1, 0.15) is 24.2 Å². The summed E-state index contributed by atoms with van der Waals surface area (Å²) in [5.74, 6) is -0.199. The normalized spacial score (nSPS) is 10.6. The number of hydrogen-bond donors (Lipinski definition) is 2. The Morgan fingerprint density at radius 3 is 2.72 bits per heavy atom. The van der Waals surface area contributed by atoms with E-state index in [1.165, 1.54) is 10.9 Å². The van der Waals surface area contributed by atoms with E-state index in [-0.39, 0.29) is 11.9 Å². The molecular weight excluding hydrogens is 234 g/mol. The number of H-pyrrole nitrogens is 1. The molecule has 1 amide bonds. The first kappa shape index (κ1) is 12.1. The van der Waals surface area contributed by atoms with Crippen LogP contribution in [0.2, 0.25) is 0 Å². The van der Waals surface area contributed by atoms with Crippen LogP contribution in [-0.2, 0) is 0 Å². The van der Waals surface area contributed by atoms with Gasteiger partial charge in [-0.1, -0.05) is 12.1 Å². The highest BCUT2D eigenvalue weighted by atomic mass is 16.5. The van der Waals surface area contributed by atoms with E-state index in [1.807, 2.05) is 13.8 Å². The molecule has 0 aliphatic heterocycles. The van der Waals surface area contributed by atoms with Crippen LogP contribution >= 0.6 is 0 Å². The van der Waals surface area contributed by atoms with Crippen LogP contribution in [-0.4, -0.2) is 17.2 Å². The number of amides is 1. The fourth-order valence-corrected chi connectivity index (χ4v) is 1.59. The van der Waals surface area contributed by atoms with E-state index in [9.17, 15) is 9.59 Å². The molecule has 0 unspecified atom stereocenters. The lowest BCUT2D eigenvalue weighted by molar-refractivity contribution is -0.670. The van der Waals surface area contributed by atoms with E-state index >= 15 is 0 Å². The van der Waals surface area contributed by atoms with Gasteiger partial charge in [-0.05, 0) is 29.9 Å². The van der Waals surface area contributed by atoms with E-state index < -0.39 is 5.63 Å². The van der Waals surface area contributed by atoms with Crippen molar-refractivity contribution in [3.8, 4) is 5.69 Å². The molecule has 0 bridgehead atoms. The van der Waals surface area contributed by atoms with Crippen molar-refractivity contribution in [3.05, 3.63) is 46.4 Å². The number of carbonyl (C=O) groups excluding carboxylic acids is 1. The number of nitrogens with one attached hydrogen (secondary N) is 2. The monoisotopic (exact) mass is 248 g/mol. The summed E-state index contributed by atoms with van der Waals surface area (Å²) >= 11 is 0. The second-order valence-corrected chi connectivity index (χ2v) is 4.16. The molecule has 1 aromatic carbocycles. The van der Waals surface area contributed by atoms with Crippen molar-refractivity contribution in [1.82, 2.24) is 10.6 Å². The summed E-state index contributed by atoms with van der Waals surface area (Å²) in [6.07, 6.45) is 1.24. The number of hydrogen-bond acceptors (Lipinski definition) is 3. The fraction of sp³-hybridized carbons (Fsp3) is 0.250.